The number of morpholine rings is 1. The monoisotopic (exact) mass is 339 g/mol. The summed E-state index contributed by atoms with van der Waals surface area (Å²) in [6.07, 6.45) is 3.21. The van der Waals surface area contributed by atoms with Crippen molar-refractivity contribution in [2.75, 3.05) is 13.2 Å². The van der Waals surface area contributed by atoms with E-state index >= 15 is 0 Å². The Hall–Kier alpha value is -2.47. The molecule has 0 N–H and O–H groups in total. The lowest BCUT2D eigenvalue weighted by atomic mass is 10.1. The maximum Gasteiger partial charge on any atom is 0.272 e. The van der Waals surface area contributed by atoms with E-state index in [2.05, 4.69) is 9.97 Å². The summed E-state index contributed by atoms with van der Waals surface area (Å²) in [5.41, 5.74) is 1.34. The second kappa shape index (κ2) is 6.80. The minimum atomic E-state index is -0.121. The van der Waals surface area contributed by atoms with E-state index in [1.807, 2.05) is 42.2 Å². The molecule has 4 rings (SSSR count). The van der Waals surface area contributed by atoms with E-state index in [4.69, 9.17) is 9.47 Å². The number of amides is 1. The molecule has 3 atom stereocenters. The highest BCUT2D eigenvalue weighted by Gasteiger charge is 2.46. The van der Waals surface area contributed by atoms with Crippen LogP contribution in [0.1, 0.15) is 29.0 Å². The van der Waals surface area contributed by atoms with Crippen LogP contribution in [0.25, 0.3) is 0 Å². The molecule has 3 heterocycles. The summed E-state index contributed by atoms with van der Waals surface area (Å²) in [5.74, 6) is 0.570. The van der Waals surface area contributed by atoms with Gasteiger partial charge in [0.1, 0.15) is 17.9 Å². The lowest BCUT2D eigenvalue weighted by Crippen LogP contribution is -2.54. The van der Waals surface area contributed by atoms with E-state index in [-0.39, 0.29) is 24.2 Å². The lowest BCUT2D eigenvalue weighted by molar-refractivity contribution is -0.0794. The normalized spacial score (nSPS) is 25.5. The fourth-order valence-electron chi connectivity index (χ4n) is 3.68. The van der Waals surface area contributed by atoms with Crippen molar-refractivity contribution in [1.82, 2.24) is 14.9 Å². The van der Waals surface area contributed by atoms with Gasteiger partial charge < -0.3 is 14.4 Å². The number of carbonyl (C=O) groups excluding carboxylic acids is 1. The molecule has 1 aliphatic heterocycles. The van der Waals surface area contributed by atoms with Crippen LogP contribution >= 0.6 is 0 Å². The standard InChI is InChI=1S/C19H21N3O3/c1-13-5-4-6-14(21-13)19(23)22-11-12-24-18-15(22)8-9-16(18)25-17-7-2-3-10-20-17/h2-7,10,15-16,18H,8-9,11-12H2,1H3/t15-,16-,18+/m0/s1. The first-order chi connectivity index (χ1) is 12.2. The smallest absolute Gasteiger partial charge is 0.272 e. The molecule has 2 fully saturated rings. The van der Waals surface area contributed by atoms with Crippen molar-refractivity contribution in [3.05, 3.63) is 54.0 Å². The Balaban J connectivity index is 1.50. The minimum absolute atomic E-state index is 0.0253. The Bertz CT molecular complexity index is 753. The highest BCUT2D eigenvalue weighted by atomic mass is 16.5. The zero-order chi connectivity index (χ0) is 17.2. The SMILES string of the molecule is Cc1cccc(C(=O)N2CCO[C@H]3[C@@H](Oc4ccccn4)CC[C@@H]32)n1. The van der Waals surface area contributed by atoms with Gasteiger partial charge in [0.05, 0.1) is 12.6 Å². The molecule has 1 saturated heterocycles. The molecule has 0 radical (unpaired) electrons. The van der Waals surface area contributed by atoms with Gasteiger partial charge in [-0.3, -0.25) is 4.79 Å². The predicted molar refractivity (Wildman–Crippen MR) is 91.4 cm³/mol. The average Bonchev–Trinajstić information content (AvgIpc) is 3.05. The number of hydrogen-bond acceptors (Lipinski definition) is 5. The van der Waals surface area contributed by atoms with Crippen LogP contribution in [0.2, 0.25) is 0 Å². The van der Waals surface area contributed by atoms with Crippen LogP contribution in [0.15, 0.2) is 42.6 Å². The number of nitrogens with zero attached hydrogens (tertiary/aromatic N) is 3. The van der Waals surface area contributed by atoms with Gasteiger partial charge >= 0.3 is 0 Å². The molecule has 2 aliphatic rings. The largest absolute Gasteiger partial charge is 0.471 e. The number of ether oxygens (including phenoxy) is 2. The van der Waals surface area contributed by atoms with Crippen molar-refractivity contribution in [3.63, 3.8) is 0 Å². The van der Waals surface area contributed by atoms with Gasteiger partial charge in [-0.25, -0.2) is 9.97 Å². The van der Waals surface area contributed by atoms with Crippen molar-refractivity contribution < 1.29 is 14.3 Å². The van der Waals surface area contributed by atoms with E-state index in [1.165, 1.54) is 0 Å². The molecule has 1 saturated carbocycles. The van der Waals surface area contributed by atoms with Crippen LogP contribution in [-0.4, -0.2) is 52.2 Å². The van der Waals surface area contributed by atoms with Gasteiger partial charge in [0.15, 0.2) is 0 Å². The number of fused-ring (bicyclic) bond motifs is 1. The second-order valence-corrected chi connectivity index (χ2v) is 6.47. The van der Waals surface area contributed by atoms with Gasteiger partial charge in [0, 0.05) is 24.5 Å². The van der Waals surface area contributed by atoms with Gasteiger partial charge in [-0.2, -0.15) is 0 Å². The topological polar surface area (TPSA) is 64.6 Å². The van der Waals surface area contributed by atoms with Crippen molar-refractivity contribution in [2.24, 2.45) is 0 Å². The zero-order valence-electron chi connectivity index (χ0n) is 14.2. The number of rotatable bonds is 3. The van der Waals surface area contributed by atoms with Gasteiger partial charge in [-0.15, -0.1) is 0 Å². The summed E-state index contributed by atoms with van der Waals surface area (Å²) in [5, 5.41) is 0. The van der Waals surface area contributed by atoms with E-state index in [9.17, 15) is 4.79 Å². The van der Waals surface area contributed by atoms with Crippen molar-refractivity contribution in [3.8, 4) is 5.88 Å². The molecule has 2 aromatic rings. The fraction of sp³-hybridized carbons (Fsp3) is 0.421. The van der Waals surface area contributed by atoms with Crippen LogP contribution in [0.3, 0.4) is 0 Å². The molecule has 0 aromatic carbocycles. The van der Waals surface area contributed by atoms with Gasteiger partial charge in [-0.1, -0.05) is 12.1 Å². The third-order valence-electron chi connectivity index (χ3n) is 4.81. The third kappa shape index (κ3) is 3.22. The van der Waals surface area contributed by atoms with E-state index in [1.54, 1.807) is 12.3 Å². The number of carbonyl (C=O) groups is 1. The Morgan fingerprint density at radius 2 is 2.16 bits per heavy atom. The Morgan fingerprint density at radius 1 is 1.24 bits per heavy atom. The molecular weight excluding hydrogens is 318 g/mol. The molecule has 6 heteroatoms. The highest BCUT2D eigenvalue weighted by molar-refractivity contribution is 5.92. The Morgan fingerprint density at radius 3 is 2.96 bits per heavy atom. The maximum atomic E-state index is 12.9. The van der Waals surface area contributed by atoms with E-state index in [0.717, 1.165) is 18.5 Å². The molecule has 2 aromatic heterocycles. The number of aryl methyl sites for hydroxylation is 1. The summed E-state index contributed by atoms with van der Waals surface area (Å²) < 4.78 is 12.0. The second-order valence-electron chi connectivity index (χ2n) is 6.47. The van der Waals surface area contributed by atoms with Crippen LogP contribution in [0.5, 0.6) is 5.88 Å². The first-order valence-corrected chi connectivity index (χ1v) is 8.66. The van der Waals surface area contributed by atoms with Crippen molar-refractivity contribution >= 4 is 5.91 Å². The zero-order valence-corrected chi connectivity index (χ0v) is 14.2. The number of pyridine rings is 2. The Kier molecular flexibility index (Phi) is 4.36. The average molecular weight is 339 g/mol. The minimum Gasteiger partial charge on any atom is -0.471 e. The summed E-state index contributed by atoms with van der Waals surface area (Å²) in [6.45, 7) is 3.00. The molecule has 6 nitrogen and oxygen atoms in total. The van der Waals surface area contributed by atoms with Crippen LogP contribution in [-0.2, 0) is 4.74 Å². The first-order valence-electron chi connectivity index (χ1n) is 8.66. The van der Waals surface area contributed by atoms with Crippen molar-refractivity contribution in [2.45, 2.75) is 38.0 Å². The fourth-order valence-corrected chi connectivity index (χ4v) is 3.68. The van der Waals surface area contributed by atoms with Crippen LogP contribution < -0.4 is 4.74 Å². The number of hydrogen-bond donors (Lipinski definition) is 0. The lowest BCUT2D eigenvalue weighted by Gasteiger charge is -2.38. The third-order valence-corrected chi connectivity index (χ3v) is 4.81. The predicted octanol–water partition coefficient (Wildman–Crippen LogP) is 2.24. The molecular formula is C19H21N3O3. The summed E-state index contributed by atoms with van der Waals surface area (Å²) in [4.78, 5) is 23.4. The molecule has 0 unspecified atom stereocenters. The van der Waals surface area contributed by atoms with E-state index < -0.39 is 0 Å². The molecule has 1 aliphatic carbocycles. The summed E-state index contributed by atoms with van der Waals surface area (Å²) >= 11 is 0. The molecule has 0 spiro atoms. The molecule has 25 heavy (non-hydrogen) atoms. The quantitative estimate of drug-likeness (QED) is 0.858. The number of aromatic nitrogens is 2. The van der Waals surface area contributed by atoms with Gasteiger partial charge in [0.2, 0.25) is 5.88 Å². The van der Waals surface area contributed by atoms with E-state index in [0.29, 0.717) is 24.7 Å². The molecule has 1 amide bonds. The van der Waals surface area contributed by atoms with Gasteiger partial charge in [0.25, 0.3) is 5.91 Å². The van der Waals surface area contributed by atoms with Crippen LogP contribution in [0, 0.1) is 6.92 Å². The molecule has 130 valence electrons. The Labute approximate surface area is 146 Å². The first kappa shape index (κ1) is 16.0. The summed E-state index contributed by atoms with van der Waals surface area (Å²) in [7, 11) is 0. The van der Waals surface area contributed by atoms with Crippen LogP contribution in [0.4, 0.5) is 0 Å². The van der Waals surface area contributed by atoms with Crippen molar-refractivity contribution in [1.29, 1.82) is 0 Å². The highest BCUT2D eigenvalue weighted by Crippen LogP contribution is 2.33. The molecule has 0 bridgehead atoms. The maximum absolute atomic E-state index is 12.9. The summed E-state index contributed by atoms with van der Waals surface area (Å²) in [6, 6.07) is 11.2. The van der Waals surface area contributed by atoms with Gasteiger partial charge in [-0.05, 0) is 38.0 Å².